The standard InChI is InChI=1S/C20H31NO6S/c1-15-7-9-18(10-8-15)28(23,24)26-14-17(12-16-6-5-11-25-13-16)21-19(22)27-20(2,3)4/h7-10,16-17H,5-6,11-14H2,1-4H3,(H,21,22). The average molecular weight is 414 g/mol. The molecule has 28 heavy (non-hydrogen) atoms. The first-order valence-corrected chi connectivity index (χ1v) is 11.0. The predicted molar refractivity (Wildman–Crippen MR) is 106 cm³/mol. The van der Waals surface area contributed by atoms with Crippen LogP contribution in [0.5, 0.6) is 0 Å². The maximum Gasteiger partial charge on any atom is 0.407 e. The minimum Gasteiger partial charge on any atom is -0.444 e. The third-order valence-corrected chi connectivity index (χ3v) is 5.62. The molecule has 2 rings (SSSR count). The minimum absolute atomic E-state index is 0.0927. The number of ether oxygens (including phenoxy) is 2. The Kier molecular flexibility index (Phi) is 7.86. The van der Waals surface area contributed by atoms with Gasteiger partial charge in [0.15, 0.2) is 0 Å². The van der Waals surface area contributed by atoms with Crippen molar-refractivity contribution in [2.24, 2.45) is 5.92 Å². The summed E-state index contributed by atoms with van der Waals surface area (Å²) in [6, 6.07) is 5.95. The van der Waals surface area contributed by atoms with Gasteiger partial charge in [-0.2, -0.15) is 8.42 Å². The van der Waals surface area contributed by atoms with Gasteiger partial charge in [0.1, 0.15) is 5.60 Å². The first kappa shape index (κ1) is 22.6. The van der Waals surface area contributed by atoms with Gasteiger partial charge in [-0.25, -0.2) is 4.79 Å². The van der Waals surface area contributed by atoms with Crippen molar-refractivity contribution < 1.29 is 26.9 Å². The van der Waals surface area contributed by atoms with Crippen molar-refractivity contribution in [3.8, 4) is 0 Å². The zero-order chi connectivity index (χ0) is 20.8. The molecule has 0 aliphatic carbocycles. The van der Waals surface area contributed by atoms with E-state index < -0.39 is 27.9 Å². The van der Waals surface area contributed by atoms with Crippen LogP contribution in [-0.4, -0.2) is 46.0 Å². The van der Waals surface area contributed by atoms with E-state index in [9.17, 15) is 13.2 Å². The first-order chi connectivity index (χ1) is 13.0. The maximum atomic E-state index is 12.5. The number of alkyl carbamates (subject to hydrolysis) is 1. The Hall–Kier alpha value is -1.64. The Bertz CT molecular complexity index is 733. The van der Waals surface area contributed by atoms with E-state index in [-0.39, 0.29) is 17.4 Å². The molecule has 1 aromatic carbocycles. The maximum absolute atomic E-state index is 12.5. The molecule has 0 bridgehead atoms. The molecule has 1 saturated heterocycles. The van der Waals surface area contributed by atoms with Crippen LogP contribution >= 0.6 is 0 Å². The molecule has 2 atom stereocenters. The fraction of sp³-hybridized carbons (Fsp3) is 0.650. The van der Waals surface area contributed by atoms with Crippen molar-refractivity contribution in [3.63, 3.8) is 0 Å². The number of nitrogens with one attached hydrogen (secondary N) is 1. The number of hydrogen-bond donors (Lipinski definition) is 1. The van der Waals surface area contributed by atoms with Crippen molar-refractivity contribution in [2.45, 2.75) is 63.5 Å². The lowest BCUT2D eigenvalue weighted by molar-refractivity contribution is 0.0354. The van der Waals surface area contributed by atoms with Crippen LogP contribution in [0.3, 0.4) is 0 Å². The monoisotopic (exact) mass is 413 g/mol. The summed E-state index contributed by atoms with van der Waals surface area (Å²) in [6.07, 6.45) is 1.89. The van der Waals surface area contributed by atoms with Crippen LogP contribution in [0.15, 0.2) is 29.2 Å². The second-order valence-electron chi connectivity index (χ2n) is 8.21. The van der Waals surface area contributed by atoms with Gasteiger partial charge in [0.2, 0.25) is 0 Å². The van der Waals surface area contributed by atoms with Gasteiger partial charge in [-0.05, 0) is 65.0 Å². The molecule has 1 heterocycles. The summed E-state index contributed by atoms with van der Waals surface area (Å²) in [5.74, 6) is 0.236. The highest BCUT2D eigenvalue weighted by Crippen LogP contribution is 2.21. The summed E-state index contributed by atoms with van der Waals surface area (Å²) >= 11 is 0. The topological polar surface area (TPSA) is 90.9 Å². The molecule has 0 aromatic heterocycles. The molecule has 1 N–H and O–H groups in total. The summed E-state index contributed by atoms with van der Waals surface area (Å²) in [7, 11) is -3.91. The molecular formula is C20H31NO6S. The summed E-state index contributed by atoms with van der Waals surface area (Å²) in [4.78, 5) is 12.3. The fourth-order valence-electron chi connectivity index (χ4n) is 2.98. The van der Waals surface area contributed by atoms with Gasteiger partial charge in [0.05, 0.1) is 17.5 Å². The number of carbonyl (C=O) groups excluding carboxylic acids is 1. The van der Waals surface area contributed by atoms with Crippen LogP contribution in [0, 0.1) is 12.8 Å². The highest BCUT2D eigenvalue weighted by molar-refractivity contribution is 7.86. The van der Waals surface area contributed by atoms with Gasteiger partial charge in [-0.3, -0.25) is 4.18 Å². The fourth-order valence-corrected chi connectivity index (χ4v) is 3.93. The summed E-state index contributed by atoms with van der Waals surface area (Å²) in [6.45, 7) is 8.37. The number of benzene rings is 1. The lowest BCUT2D eigenvalue weighted by Gasteiger charge is -2.28. The molecule has 0 spiro atoms. The van der Waals surface area contributed by atoms with E-state index in [1.165, 1.54) is 12.1 Å². The first-order valence-electron chi connectivity index (χ1n) is 9.58. The highest BCUT2D eigenvalue weighted by atomic mass is 32.2. The van der Waals surface area contributed by atoms with E-state index >= 15 is 0 Å². The molecule has 1 amide bonds. The summed E-state index contributed by atoms with van der Waals surface area (Å²) < 4.78 is 41.0. The molecule has 8 heteroatoms. The van der Waals surface area contributed by atoms with E-state index in [0.29, 0.717) is 13.0 Å². The Morgan fingerprint density at radius 1 is 1.29 bits per heavy atom. The molecule has 0 radical (unpaired) electrons. The number of aryl methyl sites for hydroxylation is 1. The quantitative estimate of drug-likeness (QED) is 0.689. The van der Waals surface area contributed by atoms with E-state index in [1.807, 2.05) is 6.92 Å². The Morgan fingerprint density at radius 2 is 1.96 bits per heavy atom. The Labute approximate surface area is 167 Å². The molecule has 1 aliphatic heterocycles. The van der Waals surface area contributed by atoms with Crippen molar-refractivity contribution in [1.82, 2.24) is 5.32 Å². The van der Waals surface area contributed by atoms with Gasteiger partial charge < -0.3 is 14.8 Å². The third-order valence-electron chi connectivity index (χ3n) is 4.33. The molecule has 2 unspecified atom stereocenters. The number of amides is 1. The largest absolute Gasteiger partial charge is 0.444 e. The summed E-state index contributed by atoms with van der Waals surface area (Å²) in [5.41, 5.74) is 0.318. The van der Waals surface area contributed by atoms with E-state index in [2.05, 4.69) is 5.32 Å². The second-order valence-corrected chi connectivity index (χ2v) is 9.83. The second kappa shape index (κ2) is 9.71. The SMILES string of the molecule is Cc1ccc(S(=O)(=O)OCC(CC2CCCOC2)NC(=O)OC(C)(C)C)cc1. The van der Waals surface area contributed by atoms with E-state index in [0.717, 1.165) is 25.0 Å². The van der Waals surface area contributed by atoms with Crippen LogP contribution in [0.1, 0.15) is 45.6 Å². The third kappa shape index (κ3) is 7.77. The highest BCUT2D eigenvalue weighted by Gasteiger charge is 2.26. The average Bonchev–Trinajstić information content (AvgIpc) is 2.59. The molecule has 1 aliphatic rings. The van der Waals surface area contributed by atoms with Crippen LogP contribution in [0.4, 0.5) is 4.79 Å². The van der Waals surface area contributed by atoms with Gasteiger partial charge in [-0.15, -0.1) is 0 Å². The summed E-state index contributed by atoms with van der Waals surface area (Å²) in [5, 5.41) is 2.75. The minimum atomic E-state index is -3.91. The van der Waals surface area contributed by atoms with Crippen LogP contribution < -0.4 is 5.32 Å². The number of carbonyl (C=O) groups is 1. The Morgan fingerprint density at radius 3 is 2.54 bits per heavy atom. The van der Waals surface area contributed by atoms with E-state index in [1.54, 1.807) is 32.9 Å². The molecule has 0 saturated carbocycles. The van der Waals surface area contributed by atoms with Crippen molar-refractivity contribution in [1.29, 1.82) is 0 Å². The number of rotatable bonds is 7. The van der Waals surface area contributed by atoms with E-state index in [4.69, 9.17) is 13.7 Å². The van der Waals surface area contributed by atoms with Gasteiger partial charge in [-0.1, -0.05) is 17.7 Å². The molecule has 7 nitrogen and oxygen atoms in total. The predicted octanol–water partition coefficient (Wildman–Crippen LogP) is 3.41. The Balaban J connectivity index is 2.02. The lowest BCUT2D eigenvalue weighted by atomic mass is 9.95. The molecule has 1 fully saturated rings. The van der Waals surface area contributed by atoms with Crippen LogP contribution in [-0.2, 0) is 23.8 Å². The molecular weight excluding hydrogens is 382 g/mol. The normalized spacial score (nSPS) is 19.1. The number of hydrogen-bond acceptors (Lipinski definition) is 6. The molecule has 158 valence electrons. The van der Waals surface area contributed by atoms with Crippen molar-refractivity contribution in [2.75, 3.05) is 19.8 Å². The van der Waals surface area contributed by atoms with Gasteiger partial charge >= 0.3 is 6.09 Å². The van der Waals surface area contributed by atoms with Crippen LogP contribution in [0.25, 0.3) is 0 Å². The van der Waals surface area contributed by atoms with Crippen molar-refractivity contribution >= 4 is 16.2 Å². The van der Waals surface area contributed by atoms with Gasteiger partial charge in [0.25, 0.3) is 10.1 Å². The lowest BCUT2D eigenvalue weighted by Crippen LogP contribution is -2.43. The van der Waals surface area contributed by atoms with Crippen LogP contribution in [0.2, 0.25) is 0 Å². The van der Waals surface area contributed by atoms with Gasteiger partial charge in [0, 0.05) is 13.2 Å². The van der Waals surface area contributed by atoms with Crippen molar-refractivity contribution in [3.05, 3.63) is 29.8 Å². The smallest absolute Gasteiger partial charge is 0.407 e. The molecule has 1 aromatic rings. The zero-order valence-electron chi connectivity index (χ0n) is 17.1. The zero-order valence-corrected chi connectivity index (χ0v) is 17.9.